The van der Waals surface area contributed by atoms with Gasteiger partial charge in [-0.2, -0.15) is 13.2 Å². The Balaban J connectivity index is 2.08. The lowest BCUT2D eigenvalue weighted by molar-refractivity contribution is -0.153. The van der Waals surface area contributed by atoms with Crippen LogP contribution < -0.4 is 4.74 Å². The van der Waals surface area contributed by atoms with Crippen molar-refractivity contribution in [3.63, 3.8) is 0 Å². The van der Waals surface area contributed by atoms with E-state index in [0.717, 1.165) is 6.07 Å². The fourth-order valence-corrected chi connectivity index (χ4v) is 3.21. The van der Waals surface area contributed by atoms with E-state index in [1.807, 2.05) is 0 Å². The molecular weight excluding hydrogens is 333 g/mol. The maximum atomic E-state index is 12.2. The van der Waals surface area contributed by atoms with E-state index in [1.54, 1.807) is 0 Å². The lowest BCUT2D eigenvalue weighted by Gasteiger charge is -2.10. The number of phenols is 1. The van der Waals surface area contributed by atoms with Crippen molar-refractivity contribution < 1.29 is 31.4 Å². The van der Waals surface area contributed by atoms with Gasteiger partial charge in [-0.05, 0) is 35.9 Å². The monoisotopic (exact) mass is 346 g/mol. The third-order valence-electron chi connectivity index (χ3n) is 2.86. The van der Waals surface area contributed by atoms with E-state index < -0.39 is 22.6 Å². The van der Waals surface area contributed by atoms with Crippen molar-refractivity contribution in [2.45, 2.75) is 16.8 Å². The van der Waals surface area contributed by atoms with Crippen LogP contribution >= 0.6 is 0 Å². The molecule has 0 atom stereocenters. The van der Waals surface area contributed by atoms with E-state index in [1.165, 1.54) is 42.5 Å². The van der Waals surface area contributed by atoms with E-state index in [0.29, 0.717) is 5.56 Å². The Morgan fingerprint density at radius 3 is 2.26 bits per heavy atom. The molecule has 0 saturated heterocycles. The molecule has 2 rings (SSSR count). The van der Waals surface area contributed by atoms with E-state index in [4.69, 9.17) is 0 Å². The summed E-state index contributed by atoms with van der Waals surface area (Å²) in [6.07, 6.45) is -4.43. The highest BCUT2D eigenvalue weighted by Gasteiger charge is 2.28. The first kappa shape index (κ1) is 17.1. The topological polar surface area (TPSA) is 63.6 Å². The Labute approximate surface area is 131 Å². The second-order valence-corrected chi connectivity index (χ2v) is 6.79. The maximum Gasteiger partial charge on any atom is 0.422 e. The van der Waals surface area contributed by atoms with Crippen molar-refractivity contribution in [3.8, 4) is 11.5 Å². The summed E-state index contributed by atoms with van der Waals surface area (Å²) in [4.78, 5) is -0.0325. The van der Waals surface area contributed by atoms with Crippen molar-refractivity contribution in [1.82, 2.24) is 0 Å². The Hall–Kier alpha value is -2.22. The molecule has 4 nitrogen and oxygen atoms in total. The van der Waals surface area contributed by atoms with Crippen LogP contribution in [-0.4, -0.2) is 26.3 Å². The predicted molar refractivity (Wildman–Crippen MR) is 77.0 cm³/mol. The molecule has 0 bridgehead atoms. The summed E-state index contributed by atoms with van der Waals surface area (Å²) in [7, 11) is -3.67. The quantitative estimate of drug-likeness (QED) is 0.902. The lowest BCUT2D eigenvalue weighted by atomic mass is 10.2. The number of halogens is 3. The van der Waals surface area contributed by atoms with Crippen LogP contribution in [0.25, 0.3) is 0 Å². The van der Waals surface area contributed by atoms with Crippen LogP contribution in [0.2, 0.25) is 0 Å². The van der Waals surface area contributed by atoms with Gasteiger partial charge in [-0.15, -0.1) is 0 Å². The average molecular weight is 346 g/mol. The van der Waals surface area contributed by atoms with Gasteiger partial charge in [0.2, 0.25) is 0 Å². The fraction of sp³-hybridized carbons (Fsp3) is 0.200. The average Bonchev–Trinajstić information content (AvgIpc) is 2.45. The molecule has 1 N–H and O–H groups in total. The maximum absolute atomic E-state index is 12.2. The summed E-state index contributed by atoms with van der Waals surface area (Å²) in [5, 5.41) is 9.33. The molecule has 23 heavy (non-hydrogen) atoms. The fourth-order valence-electron chi connectivity index (χ4n) is 1.83. The van der Waals surface area contributed by atoms with Gasteiger partial charge < -0.3 is 9.84 Å². The van der Waals surface area contributed by atoms with Gasteiger partial charge in [-0.3, -0.25) is 0 Å². The van der Waals surface area contributed by atoms with Crippen LogP contribution in [0.15, 0.2) is 53.4 Å². The SMILES string of the molecule is O=S(=O)(Cc1ccc(OCC(F)(F)F)cc1)c1cccc(O)c1. The molecule has 0 radical (unpaired) electrons. The summed E-state index contributed by atoms with van der Waals surface area (Å²) < 4.78 is 65.1. The summed E-state index contributed by atoms with van der Waals surface area (Å²) in [6, 6.07) is 10.6. The standard InChI is InChI=1S/C15H13F3O4S/c16-15(17,18)10-22-13-6-4-11(5-7-13)9-23(20,21)14-3-1-2-12(19)8-14/h1-8,19H,9-10H2. The zero-order chi connectivity index (χ0) is 17.1. The molecule has 0 spiro atoms. The van der Waals surface area contributed by atoms with Gasteiger partial charge in [-0.1, -0.05) is 18.2 Å². The summed E-state index contributed by atoms with van der Waals surface area (Å²) in [5.41, 5.74) is 0.396. The largest absolute Gasteiger partial charge is 0.508 e. The minimum atomic E-state index is -4.43. The first-order valence-electron chi connectivity index (χ1n) is 6.46. The molecule has 0 fully saturated rings. The summed E-state index contributed by atoms with van der Waals surface area (Å²) in [5.74, 6) is -0.501. The van der Waals surface area contributed by atoms with Gasteiger partial charge in [0.1, 0.15) is 11.5 Å². The number of alkyl halides is 3. The van der Waals surface area contributed by atoms with Gasteiger partial charge in [-0.25, -0.2) is 8.42 Å². The molecule has 0 aliphatic rings. The highest BCUT2D eigenvalue weighted by atomic mass is 32.2. The van der Waals surface area contributed by atoms with Crippen LogP contribution in [0.4, 0.5) is 13.2 Å². The molecule has 2 aromatic rings. The van der Waals surface area contributed by atoms with Crippen molar-refractivity contribution in [2.24, 2.45) is 0 Å². The third kappa shape index (κ3) is 5.17. The molecule has 124 valence electrons. The van der Waals surface area contributed by atoms with E-state index in [2.05, 4.69) is 4.74 Å². The second kappa shape index (κ2) is 6.49. The zero-order valence-electron chi connectivity index (χ0n) is 11.7. The molecule has 8 heteroatoms. The number of aromatic hydroxyl groups is 1. The Kier molecular flexibility index (Phi) is 4.84. The molecule has 0 aromatic heterocycles. The van der Waals surface area contributed by atoms with Crippen molar-refractivity contribution in [3.05, 3.63) is 54.1 Å². The van der Waals surface area contributed by atoms with Crippen LogP contribution in [-0.2, 0) is 15.6 Å². The number of hydrogen-bond acceptors (Lipinski definition) is 4. The summed E-state index contributed by atoms with van der Waals surface area (Å²) in [6.45, 7) is -1.41. The Morgan fingerprint density at radius 2 is 1.70 bits per heavy atom. The van der Waals surface area contributed by atoms with E-state index in [-0.39, 0.29) is 22.1 Å². The highest BCUT2D eigenvalue weighted by Crippen LogP contribution is 2.22. The molecule has 0 amide bonds. The van der Waals surface area contributed by atoms with Crippen molar-refractivity contribution in [1.29, 1.82) is 0 Å². The smallest absolute Gasteiger partial charge is 0.422 e. The molecule has 0 unspecified atom stereocenters. The first-order valence-corrected chi connectivity index (χ1v) is 8.11. The van der Waals surface area contributed by atoms with Gasteiger partial charge in [0.05, 0.1) is 10.6 Å². The van der Waals surface area contributed by atoms with Gasteiger partial charge in [0, 0.05) is 0 Å². The first-order chi connectivity index (χ1) is 10.7. The predicted octanol–water partition coefficient (Wildman–Crippen LogP) is 3.31. The Bertz CT molecular complexity index is 768. The van der Waals surface area contributed by atoms with Crippen LogP contribution in [0, 0.1) is 0 Å². The summed E-state index contributed by atoms with van der Waals surface area (Å²) >= 11 is 0. The lowest BCUT2D eigenvalue weighted by Crippen LogP contribution is -2.19. The highest BCUT2D eigenvalue weighted by molar-refractivity contribution is 7.90. The van der Waals surface area contributed by atoms with Crippen LogP contribution in [0.1, 0.15) is 5.56 Å². The number of ether oxygens (including phenoxy) is 1. The minimum Gasteiger partial charge on any atom is -0.508 e. The zero-order valence-corrected chi connectivity index (χ0v) is 12.6. The van der Waals surface area contributed by atoms with Crippen molar-refractivity contribution >= 4 is 9.84 Å². The normalized spacial score (nSPS) is 12.1. The van der Waals surface area contributed by atoms with E-state index >= 15 is 0 Å². The van der Waals surface area contributed by atoms with Gasteiger partial charge >= 0.3 is 6.18 Å². The molecule has 0 aliphatic heterocycles. The molecule has 0 heterocycles. The van der Waals surface area contributed by atoms with Gasteiger partial charge in [0.25, 0.3) is 0 Å². The number of benzene rings is 2. The number of rotatable bonds is 5. The number of hydrogen-bond donors (Lipinski definition) is 1. The second-order valence-electron chi connectivity index (χ2n) is 4.80. The van der Waals surface area contributed by atoms with Crippen LogP contribution in [0.5, 0.6) is 11.5 Å². The number of sulfone groups is 1. The van der Waals surface area contributed by atoms with Crippen LogP contribution in [0.3, 0.4) is 0 Å². The molecule has 0 aliphatic carbocycles. The van der Waals surface area contributed by atoms with Gasteiger partial charge in [0.15, 0.2) is 16.4 Å². The van der Waals surface area contributed by atoms with E-state index in [9.17, 15) is 26.7 Å². The molecule has 0 saturated carbocycles. The molecule has 2 aromatic carbocycles. The minimum absolute atomic E-state index is 0.000767. The number of phenolic OH excluding ortho intramolecular Hbond substituents is 1. The van der Waals surface area contributed by atoms with Crippen molar-refractivity contribution in [2.75, 3.05) is 6.61 Å². The third-order valence-corrected chi connectivity index (χ3v) is 4.54. The Morgan fingerprint density at radius 1 is 1.04 bits per heavy atom. The molecular formula is C15H13F3O4S.